The summed E-state index contributed by atoms with van der Waals surface area (Å²) in [5.74, 6) is 3.34. The minimum atomic E-state index is -1.26. The molecule has 0 nitrogen and oxygen atoms in total. The molecular formula is C14H19ISi. The van der Waals surface area contributed by atoms with Gasteiger partial charge in [-0.15, -0.1) is 5.54 Å². The van der Waals surface area contributed by atoms with Gasteiger partial charge in [0.25, 0.3) is 0 Å². The Kier molecular flexibility index (Phi) is 4.63. The first-order valence-corrected chi connectivity index (χ1v) is 10.2. The van der Waals surface area contributed by atoms with E-state index >= 15 is 0 Å². The van der Waals surface area contributed by atoms with E-state index < -0.39 is 8.07 Å². The molecule has 0 spiro atoms. The molecule has 0 saturated heterocycles. The van der Waals surface area contributed by atoms with Gasteiger partial charge in [-0.2, -0.15) is 0 Å². The zero-order valence-electron chi connectivity index (χ0n) is 10.7. The van der Waals surface area contributed by atoms with E-state index in [-0.39, 0.29) is 0 Å². The van der Waals surface area contributed by atoms with Gasteiger partial charge in [0.15, 0.2) is 0 Å². The molecule has 0 unspecified atom stereocenters. The molecule has 0 bridgehead atoms. The van der Waals surface area contributed by atoms with Crippen molar-refractivity contribution in [1.29, 1.82) is 0 Å². The second kappa shape index (κ2) is 5.37. The highest BCUT2D eigenvalue weighted by Gasteiger charge is 2.08. The zero-order valence-corrected chi connectivity index (χ0v) is 13.9. The van der Waals surface area contributed by atoms with Crippen LogP contribution in [0.25, 0.3) is 0 Å². The van der Waals surface area contributed by atoms with Gasteiger partial charge in [-0.3, -0.25) is 0 Å². The van der Waals surface area contributed by atoms with E-state index in [4.69, 9.17) is 0 Å². The summed E-state index contributed by atoms with van der Waals surface area (Å²) in [5.41, 5.74) is 7.36. The highest BCUT2D eigenvalue weighted by Crippen LogP contribution is 2.19. The molecule has 0 heterocycles. The lowest BCUT2D eigenvalue weighted by atomic mass is 10.1. The van der Waals surface area contributed by atoms with Crippen LogP contribution in [-0.4, -0.2) is 8.07 Å². The van der Waals surface area contributed by atoms with Gasteiger partial charge in [0.2, 0.25) is 0 Å². The van der Waals surface area contributed by atoms with Crippen LogP contribution < -0.4 is 0 Å². The lowest BCUT2D eigenvalue weighted by molar-refractivity contribution is 1.11. The van der Waals surface area contributed by atoms with Crippen molar-refractivity contribution >= 4 is 30.7 Å². The van der Waals surface area contributed by atoms with Gasteiger partial charge in [-0.1, -0.05) is 32.5 Å². The average molecular weight is 342 g/mol. The maximum absolute atomic E-state index is 3.42. The van der Waals surface area contributed by atoms with Crippen LogP contribution in [0.15, 0.2) is 12.1 Å². The Bertz CT molecular complexity index is 444. The van der Waals surface area contributed by atoms with E-state index in [1.54, 1.807) is 0 Å². The quantitative estimate of drug-likeness (QED) is 0.403. The summed E-state index contributed by atoms with van der Waals surface area (Å²) >= 11 is 2.43. The third-order valence-electron chi connectivity index (χ3n) is 2.29. The van der Waals surface area contributed by atoms with Crippen LogP contribution in [-0.2, 0) is 6.42 Å². The highest BCUT2D eigenvalue weighted by atomic mass is 127. The fourth-order valence-corrected chi connectivity index (χ4v) is 2.64. The molecule has 0 aliphatic carbocycles. The van der Waals surface area contributed by atoms with Crippen molar-refractivity contribution < 1.29 is 0 Å². The molecule has 0 fully saturated rings. The standard InChI is InChI=1S/C14H19ISi/c1-6-13-10-12(7-8-16(3,4)5)9-11(2)14(13)15/h9-10H,6H2,1-5H3. The Labute approximate surface area is 114 Å². The molecule has 0 radical (unpaired) electrons. The average Bonchev–Trinajstić information content (AvgIpc) is 2.18. The zero-order chi connectivity index (χ0) is 12.3. The molecule has 0 N–H and O–H groups in total. The van der Waals surface area contributed by atoms with Crippen LogP contribution in [0.3, 0.4) is 0 Å². The summed E-state index contributed by atoms with van der Waals surface area (Å²) in [6.07, 6.45) is 1.08. The lowest BCUT2D eigenvalue weighted by Crippen LogP contribution is -2.16. The Morgan fingerprint density at radius 1 is 1.25 bits per heavy atom. The molecule has 1 aromatic rings. The minimum absolute atomic E-state index is 1.08. The van der Waals surface area contributed by atoms with Crippen molar-refractivity contribution in [3.63, 3.8) is 0 Å². The number of benzene rings is 1. The smallest absolute Gasteiger partial charge is 0.127 e. The summed E-state index contributed by atoms with van der Waals surface area (Å²) < 4.78 is 1.39. The first-order valence-electron chi connectivity index (χ1n) is 5.65. The van der Waals surface area contributed by atoms with Gasteiger partial charge in [-0.25, -0.2) is 0 Å². The van der Waals surface area contributed by atoms with E-state index in [9.17, 15) is 0 Å². The van der Waals surface area contributed by atoms with Crippen LogP contribution >= 0.6 is 22.6 Å². The van der Waals surface area contributed by atoms with Gasteiger partial charge in [0.05, 0.1) is 0 Å². The van der Waals surface area contributed by atoms with Crippen LogP contribution in [0.2, 0.25) is 19.6 Å². The Balaban J connectivity index is 3.16. The molecule has 16 heavy (non-hydrogen) atoms. The second-order valence-electron chi connectivity index (χ2n) is 5.12. The topological polar surface area (TPSA) is 0 Å². The fourth-order valence-electron chi connectivity index (χ4n) is 1.43. The molecular weight excluding hydrogens is 323 g/mol. The SMILES string of the molecule is CCc1cc(C#C[Si](C)(C)C)cc(C)c1I. The number of hydrogen-bond acceptors (Lipinski definition) is 0. The van der Waals surface area contributed by atoms with Crippen molar-refractivity contribution in [1.82, 2.24) is 0 Å². The first-order chi connectivity index (χ1) is 7.33. The van der Waals surface area contributed by atoms with Gasteiger partial charge in [0, 0.05) is 9.13 Å². The van der Waals surface area contributed by atoms with E-state index in [0.717, 1.165) is 6.42 Å². The van der Waals surface area contributed by atoms with Crippen LogP contribution in [0, 0.1) is 22.0 Å². The maximum atomic E-state index is 3.42. The van der Waals surface area contributed by atoms with Crippen molar-refractivity contribution in [3.05, 3.63) is 32.4 Å². The summed E-state index contributed by atoms with van der Waals surface area (Å²) in [6, 6.07) is 4.44. The first kappa shape index (κ1) is 13.8. The third kappa shape index (κ3) is 3.95. The van der Waals surface area contributed by atoms with Crippen molar-refractivity contribution in [3.8, 4) is 11.5 Å². The van der Waals surface area contributed by atoms with Crippen LogP contribution in [0.4, 0.5) is 0 Å². The van der Waals surface area contributed by atoms with Crippen molar-refractivity contribution in [2.45, 2.75) is 39.9 Å². The molecule has 2 heteroatoms. The number of hydrogen-bond donors (Lipinski definition) is 0. The molecule has 1 rings (SSSR count). The largest absolute Gasteiger partial charge is 0.129 e. The van der Waals surface area contributed by atoms with Gasteiger partial charge in [-0.05, 0) is 59.2 Å². The third-order valence-corrected chi connectivity index (χ3v) is 4.71. The normalized spacial score (nSPS) is 10.9. The summed E-state index contributed by atoms with van der Waals surface area (Å²) in [5, 5.41) is 0. The van der Waals surface area contributed by atoms with E-state index in [1.165, 1.54) is 20.3 Å². The summed E-state index contributed by atoms with van der Waals surface area (Å²) in [4.78, 5) is 0. The van der Waals surface area contributed by atoms with E-state index in [1.807, 2.05) is 0 Å². The predicted octanol–water partition coefficient (Wildman–Crippen LogP) is 4.39. The van der Waals surface area contributed by atoms with Gasteiger partial charge < -0.3 is 0 Å². The molecule has 86 valence electrons. The highest BCUT2D eigenvalue weighted by molar-refractivity contribution is 14.1. The molecule has 0 atom stereocenters. The lowest BCUT2D eigenvalue weighted by Gasteiger charge is -2.07. The van der Waals surface area contributed by atoms with Gasteiger partial charge in [0.1, 0.15) is 8.07 Å². The van der Waals surface area contributed by atoms with E-state index in [2.05, 4.69) is 79.7 Å². The molecule has 0 saturated carbocycles. The number of halogens is 1. The monoisotopic (exact) mass is 342 g/mol. The van der Waals surface area contributed by atoms with Crippen molar-refractivity contribution in [2.75, 3.05) is 0 Å². The molecule has 0 amide bonds. The number of rotatable bonds is 1. The van der Waals surface area contributed by atoms with Crippen LogP contribution in [0.1, 0.15) is 23.6 Å². The van der Waals surface area contributed by atoms with Crippen molar-refractivity contribution in [2.24, 2.45) is 0 Å². The number of aryl methyl sites for hydroxylation is 2. The minimum Gasteiger partial charge on any atom is -0.127 e. The molecule has 0 aromatic heterocycles. The van der Waals surface area contributed by atoms with Crippen LogP contribution in [0.5, 0.6) is 0 Å². The van der Waals surface area contributed by atoms with Gasteiger partial charge >= 0.3 is 0 Å². The maximum Gasteiger partial charge on any atom is 0.129 e. The second-order valence-corrected chi connectivity index (χ2v) is 10.9. The molecule has 0 aliphatic rings. The summed E-state index contributed by atoms with van der Waals surface area (Å²) in [6.45, 7) is 11.2. The summed E-state index contributed by atoms with van der Waals surface area (Å²) in [7, 11) is -1.26. The molecule has 0 aliphatic heterocycles. The Hall–Kier alpha value is -0.273. The molecule has 1 aromatic carbocycles. The predicted molar refractivity (Wildman–Crippen MR) is 83.5 cm³/mol. The Morgan fingerprint density at radius 2 is 1.88 bits per heavy atom. The Morgan fingerprint density at radius 3 is 2.38 bits per heavy atom. The fraction of sp³-hybridized carbons (Fsp3) is 0.429. The van der Waals surface area contributed by atoms with E-state index in [0.29, 0.717) is 0 Å².